The van der Waals surface area contributed by atoms with Crippen molar-refractivity contribution in [1.82, 2.24) is 0 Å². The Morgan fingerprint density at radius 1 is 0.773 bits per heavy atom. The third-order valence-corrected chi connectivity index (χ3v) is 2.38. The molecule has 7 heteroatoms. The van der Waals surface area contributed by atoms with E-state index in [-0.39, 0.29) is 13.2 Å². The van der Waals surface area contributed by atoms with E-state index in [1.807, 2.05) is 6.92 Å². The second-order valence-electron chi connectivity index (χ2n) is 4.72. The summed E-state index contributed by atoms with van der Waals surface area (Å²) in [6.07, 6.45) is 5.95. The number of aliphatic hydroxyl groups excluding tert-OH is 3. The van der Waals surface area contributed by atoms with Gasteiger partial charge in [-0.05, 0) is 12.8 Å². The molecule has 0 saturated heterocycles. The molecule has 22 heavy (non-hydrogen) atoms. The molecular weight excluding hydrogens is 292 g/mol. The summed E-state index contributed by atoms with van der Waals surface area (Å²) in [6.45, 7) is 3.26. The fourth-order valence-corrected chi connectivity index (χ4v) is 1.15. The van der Waals surface area contributed by atoms with Gasteiger partial charge in [-0.1, -0.05) is 39.5 Å². The van der Waals surface area contributed by atoms with Gasteiger partial charge in [-0.2, -0.15) is 0 Å². The Morgan fingerprint density at radius 3 is 1.45 bits per heavy atom. The lowest BCUT2D eigenvalue weighted by Crippen LogP contribution is -2.15. The van der Waals surface area contributed by atoms with Crippen molar-refractivity contribution in [3.63, 3.8) is 0 Å². The molecule has 0 aromatic carbocycles. The van der Waals surface area contributed by atoms with Crippen LogP contribution in [0.15, 0.2) is 0 Å². The predicted octanol–water partition coefficient (Wildman–Crippen LogP) is 1.63. The van der Waals surface area contributed by atoms with Crippen LogP contribution in [-0.2, 0) is 9.59 Å². The Bertz CT molecular complexity index is 240. The lowest BCUT2D eigenvalue weighted by atomic mass is 10.1. The van der Waals surface area contributed by atoms with E-state index < -0.39 is 18.0 Å². The molecule has 0 amide bonds. The smallest absolute Gasteiger partial charge is 0.303 e. The number of carboxylic acids is 2. The fraction of sp³-hybridized carbons (Fsp3) is 0.867. The SMILES string of the molecule is CCCC(=O)O.CCCCCCCC(=O)O.OCC(O)CO. The maximum absolute atomic E-state index is 10.0. The highest BCUT2D eigenvalue weighted by molar-refractivity contribution is 5.66. The lowest BCUT2D eigenvalue weighted by molar-refractivity contribution is -0.138. The Morgan fingerprint density at radius 2 is 1.23 bits per heavy atom. The van der Waals surface area contributed by atoms with Gasteiger partial charge in [-0.25, -0.2) is 0 Å². The van der Waals surface area contributed by atoms with Gasteiger partial charge in [0.05, 0.1) is 13.2 Å². The number of hydrogen-bond acceptors (Lipinski definition) is 5. The normalized spacial score (nSPS) is 9.36. The van der Waals surface area contributed by atoms with Crippen LogP contribution in [-0.4, -0.2) is 56.8 Å². The fourth-order valence-electron chi connectivity index (χ4n) is 1.15. The molecule has 0 aliphatic rings. The summed E-state index contributed by atoms with van der Waals surface area (Å²) >= 11 is 0. The average Bonchev–Trinajstić information content (AvgIpc) is 2.47. The van der Waals surface area contributed by atoms with Crippen molar-refractivity contribution in [1.29, 1.82) is 0 Å². The monoisotopic (exact) mass is 324 g/mol. The molecule has 0 aromatic rings. The molecule has 0 heterocycles. The van der Waals surface area contributed by atoms with Crippen LogP contribution in [0.2, 0.25) is 0 Å². The Kier molecular flexibility index (Phi) is 25.9. The molecule has 0 aliphatic carbocycles. The highest BCUT2D eigenvalue weighted by Gasteiger charge is 1.95. The van der Waals surface area contributed by atoms with Gasteiger partial charge in [0.15, 0.2) is 0 Å². The molecule has 0 fully saturated rings. The molecule has 7 nitrogen and oxygen atoms in total. The van der Waals surface area contributed by atoms with Crippen molar-refractivity contribution >= 4 is 11.9 Å². The quantitative estimate of drug-likeness (QED) is 0.385. The maximum Gasteiger partial charge on any atom is 0.303 e. The van der Waals surface area contributed by atoms with Gasteiger partial charge in [0.2, 0.25) is 0 Å². The highest BCUT2D eigenvalue weighted by Crippen LogP contribution is 2.04. The van der Waals surface area contributed by atoms with Crippen molar-refractivity contribution in [3.8, 4) is 0 Å². The van der Waals surface area contributed by atoms with Gasteiger partial charge < -0.3 is 25.5 Å². The van der Waals surface area contributed by atoms with Crippen LogP contribution in [0.25, 0.3) is 0 Å². The summed E-state index contributed by atoms with van der Waals surface area (Å²) in [5.74, 6) is -1.38. The molecular formula is C15H32O7. The van der Waals surface area contributed by atoms with Crippen molar-refractivity contribution in [3.05, 3.63) is 0 Å². The van der Waals surface area contributed by atoms with Gasteiger partial charge in [-0.3, -0.25) is 9.59 Å². The van der Waals surface area contributed by atoms with E-state index in [9.17, 15) is 9.59 Å². The minimum atomic E-state index is -0.954. The molecule has 0 bridgehead atoms. The third kappa shape index (κ3) is 36.4. The van der Waals surface area contributed by atoms with Gasteiger partial charge in [0, 0.05) is 12.8 Å². The molecule has 0 unspecified atom stereocenters. The highest BCUT2D eigenvalue weighted by atomic mass is 16.4. The van der Waals surface area contributed by atoms with Gasteiger partial charge in [0.1, 0.15) is 6.10 Å². The number of unbranched alkanes of at least 4 members (excludes halogenated alkanes) is 4. The van der Waals surface area contributed by atoms with Gasteiger partial charge in [-0.15, -0.1) is 0 Å². The first kappa shape index (κ1) is 25.8. The number of rotatable bonds is 10. The Labute approximate surface area is 132 Å². The molecule has 0 rings (SSSR count). The zero-order chi connectivity index (χ0) is 17.8. The van der Waals surface area contributed by atoms with E-state index in [0.29, 0.717) is 12.8 Å². The Balaban J connectivity index is -0.000000261. The van der Waals surface area contributed by atoms with E-state index in [0.717, 1.165) is 19.3 Å². The van der Waals surface area contributed by atoms with E-state index in [1.54, 1.807) is 0 Å². The average molecular weight is 324 g/mol. The molecule has 0 aromatic heterocycles. The van der Waals surface area contributed by atoms with Crippen molar-refractivity contribution in [2.45, 2.75) is 71.3 Å². The van der Waals surface area contributed by atoms with Crippen LogP contribution >= 0.6 is 0 Å². The topological polar surface area (TPSA) is 135 Å². The molecule has 0 aliphatic heterocycles. The molecule has 134 valence electrons. The lowest BCUT2D eigenvalue weighted by Gasteiger charge is -1.96. The maximum atomic E-state index is 10.0. The second kappa shape index (κ2) is 22.1. The first-order chi connectivity index (χ1) is 10.3. The van der Waals surface area contributed by atoms with Crippen molar-refractivity contribution in [2.75, 3.05) is 13.2 Å². The summed E-state index contributed by atoms with van der Waals surface area (Å²) < 4.78 is 0. The van der Waals surface area contributed by atoms with Crippen LogP contribution in [0.4, 0.5) is 0 Å². The number of hydrogen-bond donors (Lipinski definition) is 5. The zero-order valence-corrected chi connectivity index (χ0v) is 13.7. The summed E-state index contributed by atoms with van der Waals surface area (Å²) in [7, 11) is 0. The van der Waals surface area contributed by atoms with E-state index in [2.05, 4.69) is 6.92 Å². The van der Waals surface area contributed by atoms with Gasteiger partial charge in [0.25, 0.3) is 0 Å². The van der Waals surface area contributed by atoms with E-state index in [1.165, 1.54) is 19.3 Å². The molecule has 0 radical (unpaired) electrons. The van der Waals surface area contributed by atoms with E-state index in [4.69, 9.17) is 25.5 Å². The zero-order valence-electron chi connectivity index (χ0n) is 13.7. The summed E-state index contributed by atoms with van der Waals surface area (Å²) in [6, 6.07) is 0. The van der Waals surface area contributed by atoms with Crippen molar-refractivity contribution in [2.24, 2.45) is 0 Å². The second-order valence-corrected chi connectivity index (χ2v) is 4.72. The number of aliphatic carboxylic acids is 2. The van der Waals surface area contributed by atoms with Crippen LogP contribution < -0.4 is 0 Å². The third-order valence-electron chi connectivity index (χ3n) is 2.38. The minimum absolute atomic E-state index is 0.292. The largest absolute Gasteiger partial charge is 0.481 e. The molecule has 5 N–H and O–H groups in total. The first-order valence-electron chi connectivity index (χ1n) is 7.68. The Hall–Kier alpha value is -1.18. The number of carboxylic acid groups (broad SMARTS) is 2. The summed E-state index contributed by atoms with van der Waals surface area (Å²) in [5.41, 5.74) is 0. The minimum Gasteiger partial charge on any atom is -0.481 e. The van der Waals surface area contributed by atoms with Crippen LogP contribution in [0.1, 0.15) is 65.2 Å². The van der Waals surface area contributed by atoms with Gasteiger partial charge >= 0.3 is 11.9 Å². The standard InChI is InChI=1S/C8H16O2.C4H8O2.C3H8O3/c1-2-3-4-5-6-7-8(9)10;1-2-3-4(5)6;4-1-3(6)2-5/h2-7H2,1H3,(H,9,10);2-3H2,1H3,(H,5,6);3-6H,1-2H2. The first-order valence-corrected chi connectivity index (χ1v) is 7.68. The van der Waals surface area contributed by atoms with E-state index >= 15 is 0 Å². The molecule has 0 saturated carbocycles. The molecule has 0 atom stereocenters. The number of carbonyl (C=O) groups is 2. The summed E-state index contributed by atoms with van der Waals surface area (Å²) in [4.78, 5) is 19.6. The molecule has 0 spiro atoms. The predicted molar refractivity (Wildman–Crippen MR) is 83.7 cm³/mol. The van der Waals surface area contributed by atoms with Crippen LogP contribution in [0, 0.1) is 0 Å². The van der Waals surface area contributed by atoms with Crippen LogP contribution in [0.3, 0.4) is 0 Å². The van der Waals surface area contributed by atoms with Crippen molar-refractivity contribution < 1.29 is 35.1 Å². The number of aliphatic hydroxyl groups is 3. The summed E-state index contributed by atoms with van der Waals surface area (Å²) in [5, 5.41) is 40.2. The van der Waals surface area contributed by atoms with Crippen LogP contribution in [0.5, 0.6) is 0 Å².